The summed E-state index contributed by atoms with van der Waals surface area (Å²) in [5.41, 5.74) is 1.65. The average Bonchev–Trinajstić information content (AvgIpc) is 2.84. The number of nitrogens with one attached hydrogen (secondary N) is 2. The van der Waals surface area contributed by atoms with Crippen LogP contribution in [-0.4, -0.2) is 32.9 Å². The van der Waals surface area contributed by atoms with E-state index in [1.54, 1.807) is 16.8 Å². The van der Waals surface area contributed by atoms with Crippen molar-refractivity contribution in [3.8, 4) is 5.69 Å². The maximum atomic E-state index is 12.0. The molecule has 2 aromatic rings. The Hall–Kier alpha value is -2.54. The minimum atomic E-state index is -0.814. The molecule has 0 saturated heterocycles. The van der Waals surface area contributed by atoms with Crippen LogP contribution in [0.15, 0.2) is 30.5 Å². The van der Waals surface area contributed by atoms with Gasteiger partial charge in [-0.3, -0.25) is 10.1 Å². The van der Waals surface area contributed by atoms with E-state index < -0.39 is 5.97 Å². The zero-order chi connectivity index (χ0) is 17.3. The fraction of sp³-hybridized carbons (Fsp3) is 0.312. The molecule has 1 heterocycles. The molecule has 1 aliphatic rings. The van der Waals surface area contributed by atoms with Crippen LogP contribution < -0.4 is 10.6 Å². The van der Waals surface area contributed by atoms with Crippen LogP contribution in [0, 0.1) is 12.8 Å². The minimum Gasteiger partial charge on any atom is -0.481 e. The predicted octanol–water partition coefficient (Wildman–Crippen LogP) is 2.82. The summed E-state index contributed by atoms with van der Waals surface area (Å²) in [6, 6.07) is 6.71. The molecule has 0 atom stereocenters. The van der Waals surface area contributed by atoms with Gasteiger partial charge in [-0.25, -0.2) is 9.48 Å². The molecule has 24 heavy (non-hydrogen) atoms. The van der Waals surface area contributed by atoms with Gasteiger partial charge in [0.05, 0.1) is 11.6 Å². The minimum absolute atomic E-state index is 0.107. The van der Waals surface area contributed by atoms with E-state index in [2.05, 4.69) is 15.7 Å². The van der Waals surface area contributed by atoms with Crippen LogP contribution in [0.4, 0.5) is 10.6 Å². The van der Waals surface area contributed by atoms with Crippen LogP contribution in [-0.2, 0) is 4.79 Å². The third-order valence-corrected chi connectivity index (χ3v) is 4.29. The number of rotatable bonds is 4. The number of amides is 2. The van der Waals surface area contributed by atoms with Crippen molar-refractivity contribution in [2.45, 2.75) is 25.8 Å². The van der Waals surface area contributed by atoms with Crippen molar-refractivity contribution in [2.75, 3.05) is 5.32 Å². The van der Waals surface area contributed by atoms with Gasteiger partial charge in [-0.15, -0.1) is 5.10 Å². The van der Waals surface area contributed by atoms with Crippen molar-refractivity contribution in [3.63, 3.8) is 0 Å². The lowest BCUT2D eigenvalue weighted by Crippen LogP contribution is -2.48. The number of hydrogen-bond donors (Lipinski definition) is 3. The van der Waals surface area contributed by atoms with E-state index >= 15 is 0 Å². The summed E-state index contributed by atoms with van der Waals surface area (Å²) in [6.45, 7) is 1.85. The maximum absolute atomic E-state index is 12.0. The van der Waals surface area contributed by atoms with E-state index in [0.29, 0.717) is 23.7 Å². The Morgan fingerprint density at radius 1 is 1.29 bits per heavy atom. The number of aryl methyl sites for hydroxylation is 1. The van der Waals surface area contributed by atoms with Crippen molar-refractivity contribution in [3.05, 3.63) is 41.0 Å². The number of aliphatic carboxylic acids is 1. The predicted molar refractivity (Wildman–Crippen MR) is 89.6 cm³/mol. The Bertz CT molecular complexity index is 766. The van der Waals surface area contributed by atoms with Gasteiger partial charge >= 0.3 is 12.0 Å². The first-order valence-electron chi connectivity index (χ1n) is 7.55. The van der Waals surface area contributed by atoms with Gasteiger partial charge in [-0.1, -0.05) is 11.6 Å². The second-order valence-electron chi connectivity index (χ2n) is 5.88. The third-order valence-electron chi connectivity index (χ3n) is 4.04. The molecule has 0 spiro atoms. The molecule has 7 nitrogen and oxygen atoms in total. The van der Waals surface area contributed by atoms with E-state index in [-0.39, 0.29) is 18.0 Å². The number of halogens is 1. The summed E-state index contributed by atoms with van der Waals surface area (Å²) in [6.07, 6.45) is 2.73. The first-order valence-corrected chi connectivity index (χ1v) is 7.92. The van der Waals surface area contributed by atoms with Crippen LogP contribution in [0.1, 0.15) is 18.4 Å². The van der Waals surface area contributed by atoms with Crippen molar-refractivity contribution >= 4 is 29.4 Å². The van der Waals surface area contributed by atoms with Gasteiger partial charge in [0.1, 0.15) is 0 Å². The Morgan fingerprint density at radius 2 is 1.96 bits per heavy atom. The number of carbonyl (C=O) groups excluding carboxylic acids is 1. The molecule has 126 valence electrons. The van der Waals surface area contributed by atoms with Gasteiger partial charge in [0, 0.05) is 22.8 Å². The lowest BCUT2D eigenvalue weighted by atomic mass is 9.80. The number of hydrogen-bond acceptors (Lipinski definition) is 3. The summed E-state index contributed by atoms with van der Waals surface area (Å²) in [7, 11) is 0. The number of benzene rings is 1. The van der Waals surface area contributed by atoms with Crippen LogP contribution in [0.25, 0.3) is 5.69 Å². The molecule has 0 aliphatic heterocycles. The molecule has 1 aromatic heterocycles. The normalized spacial score (nSPS) is 19.4. The van der Waals surface area contributed by atoms with Crippen molar-refractivity contribution < 1.29 is 14.7 Å². The highest BCUT2D eigenvalue weighted by atomic mass is 35.5. The molecule has 2 amide bonds. The van der Waals surface area contributed by atoms with Crippen LogP contribution in [0.3, 0.4) is 0 Å². The smallest absolute Gasteiger partial charge is 0.320 e. The van der Waals surface area contributed by atoms with E-state index in [4.69, 9.17) is 16.7 Å². The van der Waals surface area contributed by atoms with Gasteiger partial charge < -0.3 is 10.4 Å². The maximum Gasteiger partial charge on any atom is 0.320 e. The second-order valence-corrected chi connectivity index (χ2v) is 6.32. The van der Waals surface area contributed by atoms with Crippen LogP contribution >= 0.6 is 11.6 Å². The zero-order valence-corrected chi connectivity index (χ0v) is 13.7. The van der Waals surface area contributed by atoms with Gasteiger partial charge in [0.2, 0.25) is 0 Å². The quantitative estimate of drug-likeness (QED) is 0.791. The molecule has 1 saturated carbocycles. The number of nitrogens with zero attached hydrogens (tertiary/aromatic N) is 2. The Balaban J connectivity index is 1.60. The molecule has 1 fully saturated rings. The van der Waals surface area contributed by atoms with Crippen molar-refractivity contribution in [1.82, 2.24) is 15.1 Å². The number of carboxylic acid groups (broad SMARTS) is 1. The molecule has 3 rings (SSSR count). The number of carbonyl (C=O) groups is 2. The monoisotopic (exact) mass is 348 g/mol. The SMILES string of the molecule is Cc1cn(-c2ccc(Cl)cc2)nc1NC(=O)NC1CC(C(=O)O)C1. The fourth-order valence-electron chi connectivity index (χ4n) is 2.58. The lowest BCUT2D eigenvalue weighted by molar-refractivity contribution is -0.145. The standard InChI is InChI=1S/C16H17ClN4O3/c1-9-8-21(13-4-2-11(17)3-5-13)20-14(9)19-16(24)18-12-6-10(7-12)15(22)23/h2-5,8,10,12H,6-7H2,1H3,(H,22,23)(H2,18,19,20,24). The van der Waals surface area contributed by atoms with E-state index in [1.807, 2.05) is 25.3 Å². The summed E-state index contributed by atoms with van der Waals surface area (Å²) in [5.74, 6) is -0.719. The largest absolute Gasteiger partial charge is 0.481 e. The summed E-state index contributed by atoms with van der Waals surface area (Å²) in [5, 5.41) is 19.3. The number of aromatic nitrogens is 2. The molecule has 8 heteroatoms. The topological polar surface area (TPSA) is 96.3 Å². The highest BCUT2D eigenvalue weighted by Gasteiger charge is 2.35. The summed E-state index contributed by atoms with van der Waals surface area (Å²) < 4.78 is 1.66. The van der Waals surface area contributed by atoms with E-state index in [9.17, 15) is 9.59 Å². The molecule has 1 aliphatic carbocycles. The molecule has 0 unspecified atom stereocenters. The third kappa shape index (κ3) is 3.51. The first kappa shape index (κ1) is 16.3. The Labute approximate surface area is 143 Å². The van der Waals surface area contributed by atoms with Crippen LogP contribution in [0.2, 0.25) is 5.02 Å². The Kier molecular flexibility index (Phi) is 4.44. The van der Waals surface area contributed by atoms with Gasteiger partial charge in [0.15, 0.2) is 5.82 Å². The first-order chi connectivity index (χ1) is 11.4. The average molecular weight is 349 g/mol. The zero-order valence-electron chi connectivity index (χ0n) is 13.0. The van der Waals surface area contributed by atoms with Gasteiger partial charge in [-0.05, 0) is 44.0 Å². The van der Waals surface area contributed by atoms with E-state index in [1.165, 1.54) is 0 Å². The highest BCUT2D eigenvalue weighted by molar-refractivity contribution is 6.30. The molecular formula is C16H17ClN4O3. The number of carboxylic acids is 1. The second kappa shape index (κ2) is 6.52. The molecule has 0 radical (unpaired) electrons. The molecular weight excluding hydrogens is 332 g/mol. The van der Waals surface area contributed by atoms with E-state index in [0.717, 1.165) is 11.3 Å². The molecule has 1 aromatic carbocycles. The fourth-order valence-corrected chi connectivity index (χ4v) is 2.70. The number of urea groups is 1. The highest BCUT2D eigenvalue weighted by Crippen LogP contribution is 2.27. The van der Waals surface area contributed by atoms with Crippen molar-refractivity contribution in [2.24, 2.45) is 5.92 Å². The van der Waals surface area contributed by atoms with Crippen molar-refractivity contribution in [1.29, 1.82) is 0 Å². The molecule has 3 N–H and O–H groups in total. The molecule has 0 bridgehead atoms. The summed E-state index contributed by atoms with van der Waals surface area (Å²) >= 11 is 5.87. The van der Waals surface area contributed by atoms with Gasteiger partial charge in [-0.2, -0.15) is 0 Å². The Morgan fingerprint density at radius 3 is 2.58 bits per heavy atom. The van der Waals surface area contributed by atoms with Gasteiger partial charge in [0.25, 0.3) is 0 Å². The lowest BCUT2D eigenvalue weighted by Gasteiger charge is -2.32. The summed E-state index contributed by atoms with van der Waals surface area (Å²) in [4.78, 5) is 22.8. The van der Waals surface area contributed by atoms with Crippen LogP contribution in [0.5, 0.6) is 0 Å². The number of anilines is 1.